The molecule has 1 aliphatic heterocycles. The quantitative estimate of drug-likeness (QED) is 0.817. The minimum Gasteiger partial charge on any atom is -0.316 e. The molecule has 0 amide bonds. The van der Waals surface area contributed by atoms with Crippen molar-refractivity contribution in [2.45, 2.75) is 39.0 Å². The van der Waals surface area contributed by atoms with E-state index in [0.717, 1.165) is 0 Å². The first kappa shape index (κ1) is 10.3. The van der Waals surface area contributed by atoms with Crippen molar-refractivity contribution in [3.8, 4) is 0 Å². The summed E-state index contributed by atoms with van der Waals surface area (Å²) in [6.07, 6.45) is 6.54. The van der Waals surface area contributed by atoms with Crippen molar-refractivity contribution >= 4 is 0 Å². The third kappa shape index (κ3) is 1.67. The summed E-state index contributed by atoms with van der Waals surface area (Å²) in [6, 6.07) is 7.20. The van der Waals surface area contributed by atoms with Crippen LogP contribution < -0.4 is 5.32 Å². The van der Waals surface area contributed by atoms with Crippen molar-refractivity contribution in [1.29, 1.82) is 0 Å². The predicted octanol–water partition coefficient (Wildman–Crippen LogP) is 2.72. The van der Waals surface area contributed by atoms with Crippen molar-refractivity contribution in [3.63, 3.8) is 0 Å². The molecule has 2 aliphatic rings. The maximum atomic E-state index is 3.43. The van der Waals surface area contributed by atoms with Crippen LogP contribution in [0.25, 0.3) is 0 Å². The van der Waals surface area contributed by atoms with Gasteiger partial charge in [0.25, 0.3) is 0 Å². The largest absolute Gasteiger partial charge is 0.316 e. The Bertz CT molecular complexity index is 385. The van der Waals surface area contributed by atoms with Gasteiger partial charge in [0.1, 0.15) is 0 Å². The van der Waals surface area contributed by atoms with E-state index in [0.29, 0.717) is 5.41 Å². The smallest absolute Gasteiger partial charge is 0.00233 e. The molecule has 1 aliphatic carbocycles. The zero-order valence-corrected chi connectivity index (χ0v) is 10.2. The number of aryl methyl sites for hydroxylation is 2. The first-order valence-corrected chi connectivity index (χ1v) is 6.63. The maximum absolute atomic E-state index is 3.43. The first-order valence-electron chi connectivity index (χ1n) is 6.63. The maximum Gasteiger partial charge on any atom is 0.00233 e. The van der Waals surface area contributed by atoms with Crippen LogP contribution in [0.5, 0.6) is 0 Å². The van der Waals surface area contributed by atoms with E-state index in [4.69, 9.17) is 0 Å². The summed E-state index contributed by atoms with van der Waals surface area (Å²) in [5.41, 5.74) is 5.34. The molecule has 1 saturated heterocycles. The Morgan fingerprint density at radius 2 is 2.00 bits per heavy atom. The molecule has 1 fully saturated rings. The number of fused-ring (bicyclic) bond motifs is 1. The average molecular weight is 215 g/mol. The van der Waals surface area contributed by atoms with Crippen LogP contribution >= 0.6 is 0 Å². The van der Waals surface area contributed by atoms with E-state index in [1.54, 1.807) is 16.7 Å². The van der Waals surface area contributed by atoms with Gasteiger partial charge in [-0.05, 0) is 54.2 Å². The zero-order valence-electron chi connectivity index (χ0n) is 10.2. The normalized spacial score (nSPS) is 21.6. The molecule has 1 heteroatoms. The van der Waals surface area contributed by atoms with Crippen molar-refractivity contribution in [3.05, 3.63) is 34.9 Å². The zero-order chi connectivity index (χ0) is 11.0. The molecule has 86 valence electrons. The lowest BCUT2D eigenvalue weighted by atomic mass is 9.74. The SMILES string of the molecule is CCC1(Cc2ccc3c(c2)CCC3)CNC1. The number of hydrogen-bond donors (Lipinski definition) is 1. The monoisotopic (exact) mass is 215 g/mol. The van der Waals surface area contributed by atoms with Gasteiger partial charge in [0, 0.05) is 13.1 Å². The summed E-state index contributed by atoms with van der Waals surface area (Å²) < 4.78 is 0. The average Bonchev–Trinajstić information content (AvgIpc) is 2.70. The minimum atomic E-state index is 0.562. The van der Waals surface area contributed by atoms with Crippen LogP contribution in [-0.2, 0) is 19.3 Å². The Kier molecular flexibility index (Phi) is 2.51. The molecule has 0 bridgehead atoms. The molecular formula is C15H21N. The highest BCUT2D eigenvalue weighted by molar-refractivity contribution is 5.36. The summed E-state index contributed by atoms with van der Waals surface area (Å²) in [7, 11) is 0. The van der Waals surface area contributed by atoms with Crippen LogP contribution in [0.15, 0.2) is 18.2 Å². The Morgan fingerprint density at radius 3 is 2.69 bits per heavy atom. The van der Waals surface area contributed by atoms with Crippen LogP contribution in [0.2, 0.25) is 0 Å². The molecule has 1 nitrogen and oxygen atoms in total. The number of hydrogen-bond acceptors (Lipinski definition) is 1. The van der Waals surface area contributed by atoms with Crippen LogP contribution in [0.4, 0.5) is 0 Å². The number of nitrogens with one attached hydrogen (secondary N) is 1. The summed E-state index contributed by atoms with van der Waals surface area (Å²) >= 11 is 0. The highest BCUT2D eigenvalue weighted by Gasteiger charge is 2.34. The van der Waals surface area contributed by atoms with E-state index in [9.17, 15) is 0 Å². The lowest BCUT2D eigenvalue weighted by molar-refractivity contribution is 0.160. The Morgan fingerprint density at radius 1 is 1.19 bits per heavy atom. The second kappa shape index (κ2) is 3.89. The van der Waals surface area contributed by atoms with Gasteiger partial charge in [-0.2, -0.15) is 0 Å². The molecule has 16 heavy (non-hydrogen) atoms. The third-order valence-electron chi connectivity index (χ3n) is 4.49. The predicted molar refractivity (Wildman–Crippen MR) is 67.8 cm³/mol. The van der Waals surface area contributed by atoms with Gasteiger partial charge >= 0.3 is 0 Å². The molecule has 0 atom stereocenters. The van der Waals surface area contributed by atoms with E-state index in [1.165, 1.54) is 45.2 Å². The summed E-state index contributed by atoms with van der Waals surface area (Å²) in [5, 5.41) is 3.43. The van der Waals surface area contributed by atoms with E-state index in [-0.39, 0.29) is 0 Å². The fraction of sp³-hybridized carbons (Fsp3) is 0.600. The molecule has 1 aromatic carbocycles. The molecule has 1 N–H and O–H groups in total. The van der Waals surface area contributed by atoms with Gasteiger partial charge in [0.05, 0.1) is 0 Å². The van der Waals surface area contributed by atoms with Crippen LogP contribution in [-0.4, -0.2) is 13.1 Å². The summed E-state index contributed by atoms with van der Waals surface area (Å²) in [6.45, 7) is 4.75. The topological polar surface area (TPSA) is 12.0 Å². The van der Waals surface area contributed by atoms with Crippen LogP contribution in [0.1, 0.15) is 36.5 Å². The van der Waals surface area contributed by atoms with Crippen LogP contribution in [0, 0.1) is 5.41 Å². The van der Waals surface area contributed by atoms with Gasteiger partial charge in [-0.3, -0.25) is 0 Å². The summed E-state index contributed by atoms with van der Waals surface area (Å²) in [5.74, 6) is 0. The fourth-order valence-corrected chi connectivity index (χ4v) is 3.15. The molecule has 3 rings (SSSR count). The van der Waals surface area contributed by atoms with Crippen molar-refractivity contribution in [2.24, 2.45) is 5.41 Å². The standard InChI is InChI=1S/C15H21N/c1-2-15(10-16-11-15)9-12-6-7-13-4-3-5-14(13)8-12/h6-8,16H,2-5,9-11H2,1H3. The van der Waals surface area contributed by atoms with Gasteiger partial charge in [0.15, 0.2) is 0 Å². The molecule has 0 aromatic heterocycles. The number of rotatable bonds is 3. The lowest BCUT2D eigenvalue weighted by Gasteiger charge is -2.42. The van der Waals surface area contributed by atoms with Crippen molar-refractivity contribution in [1.82, 2.24) is 5.32 Å². The molecule has 0 unspecified atom stereocenters. The van der Waals surface area contributed by atoms with Crippen molar-refractivity contribution in [2.75, 3.05) is 13.1 Å². The van der Waals surface area contributed by atoms with E-state index in [1.807, 2.05) is 0 Å². The molecule has 0 spiro atoms. The first-order chi connectivity index (χ1) is 7.81. The Balaban J connectivity index is 1.80. The third-order valence-corrected chi connectivity index (χ3v) is 4.49. The molecule has 0 radical (unpaired) electrons. The Hall–Kier alpha value is -0.820. The van der Waals surface area contributed by atoms with E-state index < -0.39 is 0 Å². The molecule has 1 heterocycles. The van der Waals surface area contributed by atoms with Gasteiger partial charge in [-0.25, -0.2) is 0 Å². The molecule has 0 saturated carbocycles. The van der Waals surface area contributed by atoms with Crippen molar-refractivity contribution < 1.29 is 0 Å². The van der Waals surface area contributed by atoms with E-state index in [2.05, 4.69) is 30.4 Å². The van der Waals surface area contributed by atoms with Gasteiger partial charge in [0.2, 0.25) is 0 Å². The van der Waals surface area contributed by atoms with Gasteiger partial charge in [-0.15, -0.1) is 0 Å². The lowest BCUT2D eigenvalue weighted by Crippen LogP contribution is -2.54. The summed E-state index contributed by atoms with van der Waals surface area (Å²) in [4.78, 5) is 0. The second-order valence-electron chi connectivity index (χ2n) is 5.59. The molecular weight excluding hydrogens is 194 g/mol. The fourth-order valence-electron chi connectivity index (χ4n) is 3.15. The highest BCUT2D eigenvalue weighted by Crippen LogP contribution is 2.32. The van der Waals surface area contributed by atoms with Gasteiger partial charge in [-0.1, -0.05) is 25.1 Å². The van der Waals surface area contributed by atoms with Gasteiger partial charge < -0.3 is 5.32 Å². The van der Waals surface area contributed by atoms with Crippen LogP contribution in [0.3, 0.4) is 0 Å². The minimum absolute atomic E-state index is 0.562. The highest BCUT2D eigenvalue weighted by atomic mass is 15.0. The Labute approximate surface area is 98.3 Å². The second-order valence-corrected chi connectivity index (χ2v) is 5.59. The van der Waals surface area contributed by atoms with E-state index >= 15 is 0 Å². The number of benzene rings is 1. The molecule has 1 aromatic rings.